The van der Waals surface area contributed by atoms with Crippen LogP contribution in [0.1, 0.15) is 10.5 Å². The number of carbonyl (C=O) groups is 1. The number of H-pyrrole nitrogens is 1. The first-order valence-electron chi connectivity index (χ1n) is 4.08. The molecular formula is C10H7BrFNO. The largest absolute Gasteiger partial charge is 0.352 e. The third kappa shape index (κ3) is 1.57. The van der Waals surface area contributed by atoms with Gasteiger partial charge in [-0.05, 0) is 24.3 Å². The number of halogens is 2. The van der Waals surface area contributed by atoms with Crippen molar-refractivity contribution < 1.29 is 9.18 Å². The van der Waals surface area contributed by atoms with Crippen LogP contribution in [0.15, 0.2) is 24.3 Å². The molecule has 1 aromatic heterocycles. The number of hydrogen-bond acceptors (Lipinski definition) is 1. The SMILES string of the molecule is O=C(CBr)c1cc2ccc(F)cc2[nH]1. The lowest BCUT2D eigenvalue weighted by atomic mass is 10.2. The van der Waals surface area contributed by atoms with Crippen LogP contribution in [0.25, 0.3) is 10.9 Å². The van der Waals surface area contributed by atoms with Crippen LogP contribution in [0.3, 0.4) is 0 Å². The van der Waals surface area contributed by atoms with Gasteiger partial charge in [0.1, 0.15) is 5.82 Å². The highest BCUT2D eigenvalue weighted by Gasteiger charge is 2.07. The number of alkyl halides is 1. The molecule has 0 aliphatic rings. The average Bonchev–Trinajstić information content (AvgIpc) is 2.59. The summed E-state index contributed by atoms with van der Waals surface area (Å²) in [7, 11) is 0. The van der Waals surface area contributed by atoms with Gasteiger partial charge < -0.3 is 4.98 Å². The van der Waals surface area contributed by atoms with Gasteiger partial charge in [-0.2, -0.15) is 0 Å². The van der Waals surface area contributed by atoms with E-state index in [2.05, 4.69) is 20.9 Å². The number of fused-ring (bicyclic) bond motifs is 1. The number of ketones is 1. The van der Waals surface area contributed by atoms with Gasteiger partial charge in [-0.3, -0.25) is 4.79 Å². The maximum absolute atomic E-state index is 12.8. The lowest BCUT2D eigenvalue weighted by Gasteiger charge is -1.89. The predicted octanol–water partition coefficient (Wildman–Crippen LogP) is 2.88. The topological polar surface area (TPSA) is 32.9 Å². The highest BCUT2D eigenvalue weighted by atomic mass is 79.9. The summed E-state index contributed by atoms with van der Waals surface area (Å²) in [5.74, 6) is -0.348. The fraction of sp³-hybridized carbons (Fsp3) is 0.100. The molecule has 0 spiro atoms. The summed E-state index contributed by atoms with van der Waals surface area (Å²) >= 11 is 3.08. The van der Waals surface area contributed by atoms with Crippen molar-refractivity contribution in [1.29, 1.82) is 0 Å². The highest BCUT2D eigenvalue weighted by Crippen LogP contribution is 2.17. The van der Waals surface area contributed by atoms with Gasteiger partial charge in [0.15, 0.2) is 5.78 Å². The summed E-state index contributed by atoms with van der Waals surface area (Å²) in [4.78, 5) is 14.2. The molecular weight excluding hydrogens is 249 g/mol. The van der Waals surface area contributed by atoms with E-state index in [1.165, 1.54) is 12.1 Å². The molecule has 2 rings (SSSR count). The fourth-order valence-corrected chi connectivity index (χ4v) is 1.62. The molecule has 72 valence electrons. The van der Waals surface area contributed by atoms with Crippen LogP contribution < -0.4 is 0 Å². The van der Waals surface area contributed by atoms with Gasteiger partial charge >= 0.3 is 0 Å². The van der Waals surface area contributed by atoms with Crippen molar-refractivity contribution in [3.63, 3.8) is 0 Å². The molecule has 1 heterocycles. The van der Waals surface area contributed by atoms with E-state index >= 15 is 0 Å². The van der Waals surface area contributed by atoms with Gasteiger partial charge in [0.25, 0.3) is 0 Å². The van der Waals surface area contributed by atoms with Gasteiger partial charge in [0.05, 0.1) is 11.0 Å². The molecule has 2 aromatic rings. The number of aromatic nitrogens is 1. The Kier molecular flexibility index (Phi) is 2.37. The third-order valence-electron chi connectivity index (χ3n) is 2.01. The molecule has 1 aromatic carbocycles. The Morgan fingerprint density at radius 1 is 1.43 bits per heavy atom. The minimum Gasteiger partial charge on any atom is -0.352 e. The summed E-state index contributed by atoms with van der Waals surface area (Å²) < 4.78 is 12.8. The molecule has 0 aliphatic carbocycles. The van der Waals surface area contributed by atoms with Crippen molar-refractivity contribution in [2.45, 2.75) is 0 Å². The quantitative estimate of drug-likeness (QED) is 0.650. The molecule has 0 atom stereocenters. The molecule has 4 heteroatoms. The Labute approximate surface area is 88.2 Å². The molecule has 0 radical (unpaired) electrons. The van der Waals surface area contributed by atoms with E-state index in [4.69, 9.17) is 0 Å². The smallest absolute Gasteiger partial charge is 0.189 e. The zero-order valence-electron chi connectivity index (χ0n) is 7.18. The molecule has 0 saturated carbocycles. The second-order valence-electron chi connectivity index (χ2n) is 2.97. The first kappa shape index (κ1) is 9.40. The summed E-state index contributed by atoms with van der Waals surface area (Å²) in [5.41, 5.74) is 1.15. The van der Waals surface area contributed by atoms with Gasteiger partial charge in [-0.25, -0.2) is 4.39 Å². The van der Waals surface area contributed by atoms with Gasteiger partial charge in [-0.15, -0.1) is 0 Å². The van der Waals surface area contributed by atoms with Gasteiger partial charge in [-0.1, -0.05) is 15.9 Å². The Morgan fingerprint density at radius 2 is 2.21 bits per heavy atom. The number of carbonyl (C=O) groups excluding carboxylic acids is 1. The van der Waals surface area contributed by atoms with E-state index in [0.717, 1.165) is 5.39 Å². The number of benzene rings is 1. The second kappa shape index (κ2) is 3.53. The van der Waals surface area contributed by atoms with E-state index in [1.54, 1.807) is 12.1 Å². The van der Waals surface area contributed by atoms with Crippen LogP contribution >= 0.6 is 15.9 Å². The number of Topliss-reactive ketones (excluding diaryl/α,β-unsaturated/α-hetero) is 1. The average molecular weight is 256 g/mol. The molecule has 0 bridgehead atoms. The number of aromatic amines is 1. The molecule has 0 amide bonds. The maximum atomic E-state index is 12.8. The van der Waals surface area contributed by atoms with E-state index in [1.807, 2.05) is 0 Å². The zero-order chi connectivity index (χ0) is 10.1. The van der Waals surface area contributed by atoms with Gasteiger partial charge in [0.2, 0.25) is 0 Å². The molecule has 1 N–H and O–H groups in total. The standard InChI is InChI=1S/C10H7BrFNO/c11-5-10(14)9-3-6-1-2-7(12)4-8(6)13-9/h1-4,13H,5H2. The first-order valence-corrected chi connectivity index (χ1v) is 5.20. The summed E-state index contributed by atoms with van der Waals surface area (Å²) in [6, 6.07) is 6.11. The van der Waals surface area contributed by atoms with Crippen LogP contribution in [0, 0.1) is 5.82 Å². The zero-order valence-corrected chi connectivity index (χ0v) is 8.77. The van der Waals surface area contributed by atoms with Crippen LogP contribution in [0.4, 0.5) is 4.39 Å². The lowest BCUT2D eigenvalue weighted by Crippen LogP contribution is -1.99. The monoisotopic (exact) mass is 255 g/mol. The van der Waals surface area contributed by atoms with Crippen molar-refractivity contribution in [2.75, 3.05) is 5.33 Å². The van der Waals surface area contributed by atoms with Crippen molar-refractivity contribution in [2.24, 2.45) is 0 Å². The third-order valence-corrected chi connectivity index (χ3v) is 2.52. The summed E-state index contributed by atoms with van der Waals surface area (Å²) in [6.07, 6.45) is 0. The minimum atomic E-state index is -0.308. The number of nitrogens with one attached hydrogen (secondary N) is 1. The minimum absolute atomic E-state index is 0.0402. The van der Waals surface area contributed by atoms with Gasteiger partial charge in [0, 0.05) is 10.9 Å². The lowest BCUT2D eigenvalue weighted by molar-refractivity contribution is 0.102. The second-order valence-corrected chi connectivity index (χ2v) is 3.53. The van der Waals surface area contributed by atoms with E-state index < -0.39 is 0 Å². The fourth-order valence-electron chi connectivity index (χ4n) is 1.32. The molecule has 0 saturated heterocycles. The molecule has 0 unspecified atom stereocenters. The molecule has 14 heavy (non-hydrogen) atoms. The number of hydrogen-bond donors (Lipinski definition) is 1. The van der Waals surface area contributed by atoms with E-state index in [0.29, 0.717) is 11.2 Å². The Morgan fingerprint density at radius 3 is 2.93 bits per heavy atom. The van der Waals surface area contributed by atoms with Crippen LogP contribution in [0.5, 0.6) is 0 Å². The normalized spacial score (nSPS) is 10.7. The Bertz CT molecular complexity index is 492. The maximum Gasteiger partial charge on any atom is 0.189 e. The van der Waals surface area contributed by atoms with Crippen LogP contribution in [0.2, 0.25) is 0 Å². The first-order chi connectivity index (χ1) is 6.70. The predicted molar refractivity (Wildman–Crippen MR) is 56.4 cm³/mol. The van der Waals surface area contributed by atoms with Crippen molar-refractivity contribution in [3.05, 3.63) is 35.8 Å². The summed E-state index contributed by atoms with van der Waals surface area (Å²) in [6.45, 7) is 0. The van der Waals surface area contributed by atoms with E-state index in [-0.39, 0.29) is 16.9 Å². The Hall–Kier alpha value is -1.16. The Balaban J connectivity index is 2.56. The highest BCUT2D eigenvalue weighted by molar-refractivity contribution is 9.09. The molecule has 0 fully saturated rings. The van der Waals surface area contributed by atoms with Crippen LogP contribution in [-0.2, 0) is 0 Å². The molecule has 2 nitrogen and oxygen atoms in total. The van der Waals surface area contributed by atoms with Crippen molar-refractivity contribution in [3.8, 4) is 0 Å². The number of rotatable bonds is 2. The van der Waals surface area contributed by atoms with Crippen molar-refractivity contribution >= 4 is 32.6 Å². The van der Waals surface area contributed by atoms with Crippen LogP contribution in [-0.4, -0.2) is 16.1 Å². The summed E-state index contributed by atoms with van der Waals surface area (Å²) in [5, 5.41) is 1.11. The molecule has 0 aliphatic heterocycles. The van der Waals surface area contributed by atoms with Crippen molar-refractivity contribution in [1.82, 2.24) is 4.98 Å². The van der Waals surface area contributed by atoms with E-state index in [9.17, 15) is 9.18 Å².